The zero-order chi connectivity index (χ0) is 16.4. The van der Waals surface area contributed by atoms with Crippen molar-refractivity contribution in [2.75, 3.05) is 5.32 Å². The largest absolute Gasteiger partial charge is 0.324 e. The lowest BCUT2D eigenvalue weighted by Crippen LogP contribution is -2.31. The lowest BCUT2D eigenvalue weighted by molar-refractivity contribution is -0.118. The summed E-state index contributed by atoms with van der Waals surface area (Å²) in [5, 5.41) is 2.89. The maximum atomic E-state index is 13.8. The first-order valence-corrected chi connectivity index (χ1v) is 7.84. The standard InChI is InChI=1S/C19H19FN2O/c1-3-12(2)17-19(23)21-16-10-9-14(20)11-15(16)18(22-17)13-7-5-4-6-8-13/h4-12,17H,3H2,1-2H3,(H,21,23)/t12?,17-/m0/s1. The van der Waals surface area contributed by atoms with Gasteiger partial charge in [0.1, 0.15) is 11.9 Å². The highest BCUT2D eigenvalue weighted by atomic mass is 19.1. The molecule has 0 fully saturated rings. The second-order valence-electron chi connectivity index (χ2n) is 5.85. The Morgan fingerprint density at radius 1 is 1.22 bits per heavy atom. The normalized spacial score (nSPS) is 18.5. The Balaban J connectivity index is 2.21. The van der Waals surface area contributed by atoms with Gasteiger partial charge in [0.2, 0.25) is 5.91 Å². The zero-order valence-corrected chi connectivity index (χ0v) is 13.2. The van der Waals surface area contributed by atoms with E-state index in [2.05, 4.69) is 5.32 Å². The molecule has 23 heavy (non-hydrogen) atoms. The van der Waals surface area contributed by atoms with Crippen LogP contribution in [0.25, 0.3) is 0 Å². The van der Waals surface area contributed by atoms with Crippen LogP contribution in [-0.2, 0) is 4.79 Å². The van der Waals surface area contributed by atoms with Gasteiger partial charge in [0.15, 0.2) is 0 Å². The van der Waals surface area contributed by atoms with Crippen LogP contribution in [0.3, 0.4) is 0 Å². The van der Waals surface area contributed by atoms with Crippen molar-refractivity contribution >= 4 is 17.3 Å². The average molecular weight is 310 g/mol. The molecular weight excluding hydrogens is 291 g/mol. The van der Waals surface area contributed by atoms with Crippen LogP contribution >= 0.6 is 0 Å². The zero-order valence-electron chi connectivity index (χ0n) is 13.2. The number of carbonyl (C=O) groups is 1. The molecule has 1 unspecified atom stereocenters. The fraction of sp³-hybridized carbons (Fsp3) is 0.263. The van der Waals surface area contributed by atoms with Crippen molar-refractivity contribution in [3.8, 4) is 0 Å². The van der Waals surface area contributed by atoms with Crippen molar-refractivity contribution < 1.29 is 9.18 Å². The molecule has 3 rings (SSSR count). The van der Waals surface area contributed by atoms with E-state index in [1.807, 2.05) is 44.2 Å². The molecule has 0 aromatic heterocycles. The molecular formula is C19H19FN2O. The molecule has 1 aliphatic rings. The minimum Gasteiger partial charge on any atom is -0.324 e. The van der Waals surface area contributed by atoms with E-state index in [-0.39, 0.29) is 17.6 Å². The number of anilines is 1. The number of rotatable bonds is 3. The van der Waals surface area contributed by atoms with Gasteiger partial charge in [0.05, 0.1) is 11.4 Å². The van der Waals surface area contributed by atoms with Crippen LogP contribution in [0.5, 0.6) is 0 Å². The highest BCUT2D eigenvalue weighted by molar-refractivity contribution is 6.19. The monoisotopic (exact) mass is 310 g/mol. The minimum atomic E-state index is -0.481. The Morgan fingerprint density at radius 2 is 1.96 bits per heavy atom. The van der Waals surface area contributed by atoms with E-state index < -0.39 is 6.04 Å². The molecule has 2 aromatic carbocycles. The summed E-state index contributed by atoms with van der Waals surface area (Å²) in [6.07, 6.45) is 0.842. The van der Waals surface area contributed by atoms with Gasteiger partial charge in [-0.3, -0.25) is 9.79 Å². The summed E-state index contributed by atoms with van der Waals surface area (Å²) >= 11 is 0. The topological polar surface area (TPSA) is 41.5 Å². The highest BCUT2D eigenvalue weighted by Gasteiger charge is 2.29. The summed E-state index contributed by atoms with van der Waals surface area (Å²) < 4.78 is 13.8. The van der Waals surface area contributed by atoms with Gasteiger partial charge in [-0.25, -0.2) is 4.39 Å². The molecule has 1 aliphatic heterocycles. The summed E-state index contributed by atoms with van der Waals surface area (Å²) in [7, 11) is 0. The van der Waals surface area contributed by atoms with Crippen molar-refractivity contribution in [1.82, 2.24) is 0 Å². The smallest absolute Gasteiger partial charge is 0.249 e. The van der Waals surface area contributed by atoms with Crippen molar-refractivity contribution in [2.45, 2.75) is 26.3 Å². The molecule has 2 atom stereocenters. The quantitative estimate of drug-likeness (QED) is 0.913. The number of benzene rings is 2. The Labute approximate surface area is 135 Å². The van der Waals surface area contributed by atoms with Crippen molar-refractivity contribution in [1.29, 1.82) is 0 Å². The molecule has 0 spiro atoms. The third kappa shape index (κ3) is 3.02. The molecule has 2 aromatic rings. The van der Waals surface area contributed by atoms with Gasteiger partial charge in [-0.2, -0.15) is 0 Å². The first-order chi connectivity index (χ1) is 11.1. The maximum absolute atomic E-state index is 13.8. The summed E-state index contributed by atoms with van der Waals surface area (Å²) in [6.45, 7) is 4.04. The molecule has 4 heteroatoms. The van der Waals surface area contributed by atoms with Crippen LogP contribution in [-0.4, -0.2) is 17.7 Å². The van der Waals surface area contributed by atoms with Crippen molar-refractivity contribution in [3.05, 3.63) is 65.5 Å². The molecule has 1 N–H and O–H groups in total. The Kier molecular flexibility index (Phi) is 4.24. The first-order valence-electron chi connectivity index (χ1n) is 7.84. The van der Waals surface area contributed by atoms with Crippen LogP contribution in [0.1, 0.15) is 31.4 Å². The van der Waals surface area contributed by atoms with E-state index in [4.69, 9.17) is 4.99 Å². The third-order valence-corrected chi connectivity index (χ3v) is 4.26. The SMILES string of the molecule is CCC(C)[C@@H]1N=C(c2ccccc2)c2cc(F)ccc2NC1=O. The van der Waals surface area contributed by atoms with Gasteiger partial charge in [-0.1, -0.05) is 50.6 Å². The highest BCUT2D eigenvalue weighted by Crippen LogP contribution is 2.27. The van der Waals surface area contributed by atoms with Crippen LogP contribution in [0.2, 0.25) is 0 Å². The molecule has 0 radical (unpaired) electrons. The van der Waals surface area contributed by atoms with Crippen molar-refractivity contribution in [3.63, 3.8) is 0 Å². The van der Waals surface area contributed by atoms with E-state index in [1.165, 1.54) is 12.1 Å². The summed E-state index contributed by atoms with van der Waals surface area (Å²) in [5.74, 6) is -0.380. The fourth-order valence-corrected chi connectivity index (χ4v) is 2.73. The minimum absolute atomic E-state index is 0.105. The molecule has 0 saturated carbocycles. The molecule has 1 amide bonds. The summed E-state index contributed by atoms with van der Waals surface area (Å²) in [4.78, 5) is 17.2. The maximum Gasteiger partial charge on any atom is 0.249 e. The van der Waals surface area contributed by atoms with Gasteiger partial charge in [0.25, 0.3) is 0 Å². The van der Waals surface area contributed by atoms with Crippen LogP contribution in [0, 0.1) is 11.7 Å². The number of hydrogen-bond donors (Lipinski definition) is 1. The second-order valence-corrected chi connectivity index (χ2v) is 5.85. The second kappa shape index (κ2) is 6.32. The van der Waals surface area contributed by atoms with Gasteiger partial charge in [0, 0.05) is 11.1 Å². The summed E-state index contributed by atoms with van der Waals surface area (Å²) in [6, 6.07) is 13.5. The number of fused-ring (bicyclic) bond motifs is 1. The molecule has 0 saturated heterocycles. The fourth-order valence-electron chi connectivity index (χ4n) is 2.73. The van der Waals surface area contributed by atoms with E-state index in [0.717, 1.165) is 12.0 Å². The number of amides is 1. The Bertz CT molecular complexity index is 755. The molecule has 1 heterocycles. The number of hydrogen-bond acceptors (Lipinski definition) is 2. The number of nitrogens with zero attached hydrogens (tertiary/aromatic N) is 1. The molecule has 0 bridgehead atoms. The van der Waals surface area contributed by atoms with Gasteiger partial charge < -0.3 is 5.32 Å². The van der Waals surface area contributed by atoms with Crippen LogP contribution in [0.4, 0.5) is 10.1 Å². The number of benzodiazepines with no additional fused rings is 1. The van der Waals surface area contributed by atoms with E-state index >= 15 is 0 Å². The van der Waals surface area contributed by atoms with Crippen molar-refractivity contribution in [2.24, 2.45) is 10.9 Å². The summed E-state index contributed by atoms with van der Waals surface area (Å²) in [5.41, 5.74) is 2.76. The van der Waals surface area contributed by atoms with E-state index in [1.54, 1.807) is 6.07 Å². The lowest BCUT2D eigenvalue weighted by Gasteiger charge is -2.17. The number of aliphatic imine (C=N–C) groups is 1. The van der Waals surface area contributed by atoms with Crippen LogP contribution < -0.4 is 5.32 Å². The van der Waals surface area contributed by atoms with Gasteiger partial charge in [-0.05, 0) is 24.1 Å². The Morgan fingerprint density at radius 3 is 2.65 bits per heavy atom. The predicted octanol–water partition coefficient (Wildman–Crippen LogP) is 4.03. The third-order valence-electron chi connectivity index (χ3n) is 4.26. The lowest BCUT2D eigenvalue weighted by atomic mass is 9.98. The first kappa shape index (κ1) is 15.4. The Hall–Kier alpha value is -2.49. The van der Waals surface area contributed by atoms with Gasteiger partial charge >= 0.3 is 0 Å². The molecule has 3 nitrogen and oxygen atoms in total. The van der Waals surface area contributed by atoms with Crippen LogP contribution in [0.15, 0.2) is 53.5 Å². The number of carbonyl (C=O) groups excluding carboxylic acids is 1. The van der Waals surface area contributed by atoms with E-state index in [9.17, 15) is 9.18 Å². The number of halogens is 1. The average Bonchev–Trinajstić information content (AvgIpc) is 2.71. The van der Waals surface area contributed by atoms with E-state index in [0.29, 0.717) is 17.0 Å². The molecule has 0 aliphatic carbocycles. The number of nitrogens with one attached hydrogen (secondary N) is 1. The molecule has 118 valence electrons. The van der Waals surface area contributed by atoms with Gasteiger partial charge in [-0.15, -0.1) is 0 Å². The predicted molar refractivity (Wildman–Crippen MR) is 90.4 cm³/mol.